The summed E-state index contributed by atoms with van der Waals surface area (Å²) in [6.07, 6.45) is 4.59. The first-order valence-corrected chi connectivity index (χ1v) is 11.2. The Morgan fingerprint density at radius 1 is 1.19 bits per heavy atom. The quantitative estimate of drug-likeness (QED) is 0.653. The summed E-state index contributed by atoms with van der Waals surface area (Å²) in [7, 11) is 0. The lowest BCUT2D eigenvalue weighted by Crippen LogP contribution is -2.39. The number of rotatable bonds is 6. The molecule has 7 heteroatoms. The van der Waals surface area contributed by atoms with Gasteiger partial charge in [-0.15, -0.1) is 0 Å². The molecule has 2 aromatic rings. The summed E-state index contributed by atoms with van der Waals surface area (Å²) >= 11 is 0. The molecule has 1 fully saturated rings. The van der Waals surface area contributed by atoms with Crippen molar-refractivity contribution in [2.75, 3.05) is 18.0 Å². The molecule has 1 aliphatic heterocycles. The first-order chi connectivity index (χ1) is 14.9. The van der Waals surface area contributed by atoms with E-state index in [1.54, 1.807) is 18.3 Å². The van der Waals surface area contributed by atoms with Crippen LogP contribution in [0.4, 0.5) is 5.69 Å². The van der Waals surface area contributed by atoms with Crippen molar-refractivity contribution >= 4 is 11.7 Å². The molecular formula is C25H35N3O4. The average Bonchev–Trinajstić information content (AvgIpc) is 2.71. The summed E-state index contributed by atoms with van der Waals surface area (Å²) in [4.78, 5) is 23.8. The molecule has 3 heterocycles. The molecule has 0 unspecified atom stereocenters. The Bertz CT molecular complexity index is 954. The number of aryl methyl sites for hydroxylation is 1. The molecule has 2 aromatic heterocycles. The van der Waals surface area contributed by atoms with E-state index in [9.17, 15) is 15.0 Å². The van der Waals surface area contributed by atoms with E-state index >= 15 is 0 Å². The van der Waals surface area contributed by atoms with Crippen molar-refractivity contribution in [3.8, 4) is 17.0 Å². The van der Waals surface area contributed by atoms with Gasteiger partial charge in [-0.2, -0.15) is 0 Å². The maximum absolute atomic E-state index is 12.5. The zero-order valence-electron chi connectivity index (χ0n) is 20.0. The zero-order chi connectivity index (χ0) is 23.7. The van der Waals surface area contributed by atoms with Crippen molar-refractivity contribution in [2.24, 2.45) is 5.41 Å². The highest BCUT2D eigenvalue weighted by Crippen LogP contribution is 2.43. The summed E-state index contributed by atoms with van der Waals surface area (Å²) in [5, 5.41) is 19.9. The van der Waals surface area contributed by atoms with Gasteiger partial charge in [0.2, 0.25) is 0 Å². The Balaban J connectivity index is 2.26. The van der Waals surface area contributed by atoms with Crippen molar-refractivity contribution in [1.29, 1.82) is 0 Å². The van der Waals surface area contributed by atoms with Crippen molar-refractivity contribution in [3.05, 3.63) is 35.8 Å². The number of carbonyl (C=O) groups is 1. The highest BCUT2D eigenvalue weighted by atomic mass is 16.5. The molecule has 0 aliphatic carbocycles. The molecule has 0 bridgehead atoms. The summed E-state index contributed by atoms with van der Waals surface area (Å²) in [6, 6.07) is 3.32. The fourth-order valence-electron chi connectivity index (χ4n) is 4.11. The summed E-state index contributed by atoms with van der Waals surface area (Å²) in [6.45, 7) is 13.7. The van der Waals surface area contributed by atoms with E-state index in [1.807, 2.05) is 27.7 Å². The van der Waals surface area contributed by atoms with Crippen LogP contribution in [0.5, 0.6) is 5.75 Å². The van der Waals surface area contributed by atoms with Gasteiger partial charge in [0.05, 0.1) is 23.2 Å². The van der Waals surface area contributed by atoms with Crippen molar-refractivity contribution in [1.82, 2.24) is 9.97 Å². The maximum atomic E-state index is 12.5. The molecule has 0 radical (unpaired) electrons. The minimum Gasteiger partial charge on any atom is -0.506 e. The smallest absolute Gasteiger partial charge is 0.337 e. The molecule has 2 N–H and O–H groups in total. The zero-order valence-corrected chi connectivity index (χ0v) is 20.0. The third kappa shape index (κ3) is 5.38. The minimum atomic E-state index is -1.15. The van der Waals surface area contributed by atoms with Crippen LogP contribution < -0.4 is 4.90 Å². The van der Waals surface area contributed by atoms with Gasteiger partial charge < -0.3 is 19.8 Å². The summed E-state index contributed by atoms with van der Waals surface area (Å²) < 4.78 is 6.08. The lowest BCUT2D eigenvalue weighted by molar-refractivity contribution is -0.160. The number of ether oxygens (including phenoxy) is 1. The molecule has 0 amide bonds. The van der Waals surface area contributed by atoms with Gasteiger partial charge in [0.1, 0.15) is 5.75 Å². The summed E-state index contributed by atoms with van der Waals surface area (Å²) in [5.74, 6) is -0.960. The Morgan fingerprint density at radius 3 is 2.34 bits per heavy atom. The van der Waals surface area contributed by atoms with E-state index in [0.717, 1.165) is 37.2 Å². The highest BCUT2D eigenvalue weighted by Gasteiger charge is 2.36. The third-order valence-corrected chi connectivity index (χ3v) is 5.92. The van der Waals surface area contributed by atoms with E-state index in [0.29, 0.717) is 23.4 Å². The van der Waals surface area contributed by atoms with Crippen LogP contribution in [0.3, 0.4) is 0 Å². The number of aliphatic carboxylic acids is 1. The Hall–Kier alpha value is -2.67. The SMILES string of the molecule is CCc1ncc(-c2ccc(O)cn2)c(N2CCC(C)(C)CC2)c1[C@H](OC(C)(C)C)C(=O)O. The van der Waals surface area contributed by atoms with E-state index in [4.69, 9.17) is 4.74 Å². The van der Waals surface area contributed by atoms with Crippen LogP contribution in [0.2, 0.25) is 0 Å². The Kier molecular flexibility index (Phi) is 6.79. The third-order valence-electron chi connectivity index (χ3n) is 5.92. The predicted molar refractivity (Wildman–Crippen MR) is 125 cm³/mol. The van der Waals surface area contributed by atoms with Crippen LogP contribution in [0.15, 0.2) is 24.5 Å². The lowest BCUT2D eigenvalue weighted by atomic mass is 9.82. The minimum absolute atomic E-state index is 0.0767. The van der Waals surface area contributed by atoms with Crippen molar-refractivity contribution < 1.29 is 19.7 Å². The number of carboxylic acids is 1. The van der Waals surface area contributed by atoms with E-state index in [-0.39, 0.29) is 11.2 Å². The Labute approximate surface area is 190 Å². The molecule has 1 aliphatic rings. The first-order valence-electron chi connectivity index (χ1n) is 11.2. The lowest BCUT2D eigenvalue weighted by Gasteiger charge is -2.41. The molecule has 1 atom stereocenters. The second kappa shape index (κ2) is 9.06. The molecule has 7 nitrogen and oxygen atoms in total. The monoisotopic (exact) mass is 441 g/mol. The fraction of sp³-hybridized carbons (Fsp3) is 0.560. The van der Waals surface area contributed by atoms with Crippen LogP contribution in [0, 0.1) is 5.41 Å². The second-order valence-electron chi connectivity index (χ2n) is 10.2. The molecular weight excluding hydrogens is 406 g/mol. The normalized spacial score (nSPS) is 17.2. The van der Waals surface area contributed by atoms with Gasteiger partial charge in [-0.3, -0.25) is 9.97 Å². The second-order valence-corrected chi connectivity index (χ2v) is 10.2. The number of aromatic nitrogens is 2. The van der Waals surface area contributed by atoms with Crippen LogP contribution in [-0.4, -0.2) is 44.8 Å². The molecule has 0 spiro atoms. The molecule has 0 saturated carbocycles. The first kappa shape index (κ1) is 24.0. The molecule has 1 saturated heterocycles. The van der Waals surface area contributed by atoms with E-state index in [2.05, 4.69) is 28.7 Å². The number of piperidine rings is 1. The molecule has 32 heavy (non-hydrogen) atoms. The van der Waals surface area contributed by atoms with Gasteiger partial charge in [-0.25, -0.2) is 4.79 Å². The Morgan fingerprint density at radius 2 is 1.84 bits per heavy atom. The number of carboxylic acid groups (broad SMARTS) is 1. The van der Waals surface area contributed by atoms with Crippen molar-refractivity contribution in [2.45, 2.75) is 72.5 Å². The van der Waals surface area contributed by atoms with Crippen molar-refractivity contribution in [3.63, 3.8) is 0 Å². The van der Waals surface area contributed by atoms with E-state index in [1.165, 1.54) is 6.20 Å². The average molecular weight is 442 g/mol. The number of pyridine rings is 2. The van der Waals surface area contributed by atoms with E-state index < -0.39 is 17.7 Å². The number of nitrogens with zero attached hydrogens (tertiary/aromatic N) is 3. The number of anilines is 1. The van der Waals surface area contributed by atoms with Crippen LogP contribution >= 0.6 is 0 Å². The highest BCUT2D eigenvalue weighted by molar-refractivity contribution is 5.85. The van der Waals surface area contributed by atoms with Gasteiger partial charge in [-0.05, 0) is 57.6 Å². The topological polar surface area (TPSA) is 95.8 Å². The molecule has 3 rings (SSSR count). The number of hydrogen-bond acceptors (Lipinski definition) is 6. The number of hydrogen-bond donors (Lipinski definition) is 2. The fourth-order valence-corrected chi connectivity index (χ4v) is 4.11. The van der Waals surface area contributed by atoms with Crippen LogP contribution in [-0.2, 0) is 16.0 Å². The molecule has 174 valence electrons. The predicted octanol–water partition coefficient (Wildman–Crippen LogP) is 4.98. The van der Waals surface area contributed by atoms with Crippen LogP contribution in [0.1, 0.15) is 71.7 Å². The number of aromatic hydroxyl groups is 1. The standard InChI is InChI=1S/C25H35N3O4/c1-7-18-20(22(23(30)31)32-24(2,3)4)21(28-12-10-25(5,6)11-13-28)17(15-27-18)19-9-8-16(29)14-26-19/h8-9,14-15,22,29H,7,10-13H2,1-6H3,(H,30,31)/t22-/m0/s1. The maximum Gasteiger partial charge on any atom is 0.337 e. The van der Waals surface area contributed by atoms with Crippen LogP contribution in [0.25, 0.3) is 11.3 Å². The molecule has 0 aromatic carbocycles. The van der Waals surface area contributed by atoms with Gasteiger partial charge in [0.15, 0.2) is 6.10 Å². The van der Waals surface area contributed by atoms with Gasteiger partial charge >= 0.3 is 5.97 Å². The van der Waals surface area contributed by atoms with Gasteiger partial charge in [0.25, 0.3) is 0 Å². The summed E-state index contributed by atoms with van der Waals surface area (Å²) in [5.41, 5.74) is 3.11. The van der Waals surface area contributed by atoms with Gasteiger partial charge in [-0.1, -0.05) is 20.8 Å². The van der Waals surface area contributed by atoms with Gasteiger partial charge in [0, 0.05) is 36.1 Å². The largest absolute Gasteiger partial charge is 0.506 e.